The summed E-state index contributed by atoms with van der Waals surface area (Å²) in [5.41, 5.74) is 0. The first-order valence-corrected chi connectivity index (χ1v) is 7.16. The standard InChI is InChI=1S/C12H19BrN4O/c1-2-14-12-16-7-10(13)11(17-12)15-6-8-3-4-9(18)5-8/h7-9,18H,2-6H2,1H3,(H2,14,15,16,17). The lowest BCUT2D eigenvalue weighted by Gasteiger charge is -2.13. The summed E-state index contributed by atoms with van der Waals surface area (Å²) in [4.78, 5) is 8.57. The van der Waals surface area contributed by atoms with E-state index in [0.29, 0.717) is 11.9 Å². The molecule has 100 valence electrons. The topological polar surface area (TPSA) is 70.1 Å². The van der Waals surface area contributed by atoms with E-state index in [9.17, 15) is 5.11 Å². The van der Waals surface area contributed by atoms with Crippen molar-refractivity contribution in [2.75, 3.05) is 23.7 Å². The molecule has 2 atom stereocenters. The summed E-state index contributed by atoms with van der Waals surface area (Å²) < 4.78 is 0.864. The van der Waals surface area contributed by atoms with Crippen LogP contribution in [0.3, 0.4) is 0 Å². The van der Waals surface area contributed by atoms with Gasteiger partial charge in [0.15, 0.2) is 0 Å². The molecule has 5 nitrogen and oxygen atoms in total. The second-order valence-electron chi connectivity index (χ2n) is 4.63. The molecule has 0 radical (unpaired) electrons. The average molecular weight is 315 g/mol. The molecule has 0 amide bonds. The molecule has 1 heterocycles. The predicted octanol–water partition coefficient (Wildman–Crippen LogP) is 2.24. The molecule has 0 aromatic carbocycles. The van der Waals surface area contributed by atoms with Crippen LogP contribution >= 0.6 is 15.9 Å². The molecule has 1 fully saturated rings. The van der Waals surface area contributed by atoms with E-state index in [4.69, 9.17) is 0 Å². The van der Waals surface area contributed by atoms with Gasteiger partial charge in [0, 0.05) is 19.3 Å². The second kappa shape index (κ2) is 6.33. The molecule has 2 rings (SSSR count). The Morgan fingerprint density at radius 3 is 2.94 bits per heavy atom. The van der Waals surface area contributed by atoms with E-state index in [1.54, 1.807) is 6.20 Å². The van der Waals surface area contributed by atoms with Crippen LogP contribution in [0, 0.1) is 5.92 Å². The number of nitrogens with one attached hydrogen (secondary N) is 2. The van der Waals surface area contributed by atoms with Crippen LogP contribution in [0.1, 0.15) is 26.2 Å². The van der Waals surface area contributed by atoms with E-state index in [-0.39, 0.29) is 6.10 Å². The summed E-state index contributed by atoms with van der Waals surface area (Å²) in [5.74, 6) is 1.97. The number of aliphatic hydroxyl groups is 1. The molecule has 1 aliphatic carbocycles. The number of aliphatic hydroxyl groups excluding tert-OH is 1. The van der Waals surface area contributed by atoms with Gasteiger partial charge in [-0.1, -0.05) is 0 Å². The minimum atomic E-state index is -0.122. The minimum absolute atomic E-state index is 0.122. The molecule has 6 heteroatoms. The van der Waals surface area contributed by atoms with Crippen molar-refractivity contribution >= 4 is 27.7 Å². The smallest absolute Gasteiger partial charge is 0.224 e. The number of hydrogen-bond donors (Lipinski definition) is 3. The maximum atomic E-state index is 9.49. The Morgan fingerprint density at radius 1 is 1.44 bits per heavy atom. The van der Waals surface area contributed by atoms with Gasteiger partial charge in [-0.25, -0.2) is 4.98 Å². The van der Waals surface area contributed by atoms with Crippen LogP contribution in [0.25, 0.3) is 0 Å². The maximum Gasteiger partial charge on any atom is 0.224 e. The van der Waals surface area contributed by atoms with Crippen LogP contribution in [-0.2, 0) is 0 Å². The van der Waals surface area contributed by atoms with Crippen LogP contribution < -0.4 is 10.6 Å². The van der Waals surface area contributed by atoms with Crippen molar-refractivity contribution < 1.29 is 5.11 Å². The third-order valence-electron chi connectivity index (χ3n) is 3.15. The van der Waals surface area contributed by atoms with Crippen LogP contribution in [0.5, 0.6) is 0 Å². The van der Waals surface area contributed by atoms with Gasteiger partial charge < -0.3 is 15.7 Å². The SMILES string of the molecule is CCNc1ncc(Br)c(NCC2CCC(O)C2)n1. The highest BCUT2D eigenvalue weighted by molar-refractivity contribution is 9.10. The zero-order valence-corrected chi connectivity index (χ0v) is 12.1. The van der Waals surface area contributed by atoms with Crippen molar-refractivity contribution in [2.24, 2.45) is 5.92 Å². The molecule has 0 bridgehead atoms. The number of nitrogens with zero attached hydrogens (tertiary/aromatic N) is 2. The van der Waals surface area contributed by atoms with E-state index in [1.165, 1.54) is 0 Å². The molecule has 1 aromatic heterocycles. The first-order chi connectivity index (χ1) is 8.69. The van der Waals surface area contributed by atoms with E-state index < -0.39 is 0 Å². The van der Waals surface area contributed by atoms with Gasteiger partial charge >= 0.3 is 0 Å². The Balaban J connectivity index is 1.93. The van der Waals surface area contributed by atoms with Crippen molar-refractivity contribution in [2.45, 2.75) is 32.3 Å². The third kappa shape index (κ3) is 3.55. The summed E-state index contributed by atoms with van der Waals surface area (Å²) in [7, 11) is 0. The Morgan fingerprint density at radius 2 is 2.28 bits per heavy atom. The van der Waals surface area contributed by atoms with Crippen LogP contribution in [0.4, 0.5) is 11.8 Å². The number of rotatable bonds is 5. The Labute approximate surface area is 116 Å². The molecule has 1 aliphatic rings. The highest BCUT2D eigenvalue weighted by Gasteiger charge is 2.22. The highest BCUT2D eigenvalue weighted by Crippen LogP contribution is 2.27. The van der Waals surface area contributed by atoms with Crippen molar-refractivity contribution in [1.82, 2.24) is 9.97 Å². The summed E-state index contributed by atoms with van der Waals surface area (Å²) >= 11 is 3.44. The largest absolute Gasteiger partial charge is 0.393 e. The first kappa shape index (κ1) is 13.5. The molecule has 2 unspecified atom stereocenters. The van der Waals surface area contributed by atoms with Crippen LogP contribution in [0.2, 0.25) is 0 Å². The fourth-order valence-corrected chi connectivity index (χ4v) is 2.54. The number of anilines is 2. The second-order valence-corrected chi connectivity index (χ2v) is 5.49. The van der Waals surface area contributed by atoms with Gasteiger partial charge in [0.25, 0.3) is 0 Å². The Bertz CT molecular complexity index is 402. The molecule has 0 aliphatic heterocycles. The van der Waals surface area contributed by atoms with E-state index in [2.05, 4.69) is 36.5 Å². The van der Waals surface area contributed by atoms with E-state index >= 15 is 0 Å². The normalized spacial score (nSPS) is 23.1. The van der Waals surface area contributed by atoms with Crippen molar-refractivity contribution in [3.8, 4) is 0 Å². The molecule has 3 N–H and O–H groups in total. The van der Waals surface area contributed by atoms with Crippen molar-refractivity contribution in [3.05, 3.63) is 10.7 Å². The number of halogens is 1. The molecule has 18 heavy (non-hydrogen) atoms. The van der Waals surface area contributed by atoms with Crippen molar-refractivity contribution in [1.29, 1.82) is 0 Å². The molecular formula is C12H19BrN4O. The van der Waals surface area contributed by atoms with Crippen LogP contribution in [-0.4, -0.2) is 34.3 Å². The Hall–Kier alpha value is -0.880. The molecule has 1 saturated carbocycles. The van der Waals surface area contributed by atoms with E-state index in [1.807, 2.05) is 6.92 Å². The third-order valence-corrected chi connectivity index (χ3v) is 3.73. The summed E-state index contributed by atoms with van der Waals surface area (Å²) in [6, 6.07) is 0. The van der Waals surface area contributed by atoms with Gasteiger partial charge in [-0.3, -0.25) is 0 Å². The van der Waals surface area contributed by atoms with Gasteiger partial charge in [-0.2, -0.15) is 4.98 Å². The summed E-state index contributed by atoms with van der Waals surface area (Å²) in [5, 5.41) is 15.9. The Kier molecular flexibility index (Phi) is 4.77. The minimum Gasteiger partial charge on any atom is -0.393 e. The molecule has 0 spiro atoms. The van der Waals surface area contributed by atoms with Gasteiger partial charge in [-0.05, 0) is 48.0 Å². The summed E-state index contributed by atoms with van der Waals surface area (Å²) in [6.07, 6.45) is 4.51. The fraction of sp³-hybridized carbons (Fsp3) is 0.667. The maximum absolute atomic E-state index is 9.49. The zero-order valence-electron chi connectivity index (χ0n) is 10.5. The lowest BCUT2D eigenvalue weighted by atomic mass is 10.1. The van der Waals surface area contributed by atoms with Gasteiger partial charge in [-0.15, -0.1) is 0 Å². The van der Waals surface area contributed by atoms with Gasteiger partial charge in [0.2, 0.25) is 5.95 Å². The van der Waals surface area contributed by atoms with Gasteiger partial charge in [0.1, 0.15) is 5.82 Å². The zero-order chi connectivity index (χ0) is 13.0. The monoisotopic (exact) mass is 314 g/mol. The van der Waals surface area contributed by atoms with E-state index in [0.717, 1.165) is 42.6 Å². The first-order valence-electron chi connectivity index (χ1n) is 6.37. The van der Waals surface area contributed by atoms with Crippen molar-refractivity contribution in [3.63, 3.8) is 0 Å². The fourth-order valence-electron chi connectivity index (χ4n) is 2.21. The molecule has 1 aromatic rings. The molecular weight excluding hydrogens is 296 g/mol. The van der Waals surface area contributed by atoms with Gasteiger partial charge in [0.05, 0.1) is 10.6 Å². The highest BCUT2D eigenvalue weighted by atomic mass is 79.9. The summed E-state index contributed by atoms with van der Waals surface area (Å²) in [6.45, 7) is 3.66. The lowest BCUT2D eigenvalue weighted by Crippen LogP contribution is -2.14. The average Bonchev–Trinajstić information content (AvgIpc) is 2.76. The van der Waals surface area contributed by atoms with Crippen LogP contribution in [0.15, 0.2) is 10.7 Å². The lowest BCUT2D eigenvalue weighted by molar-refractivity contribution is 0.178. The quantitative estimate of drug-likeness (QED) is 0.777. The number of aromatic nitrogens is 2. The number of hydrogen-bond acceptors (Lipinski definition) is 5. The molecule has 0 saturated heterocycles. The predicted molar refractivity (Wildman–Crippen MR) is 75.7 cm³/mol.